The largest absolute Gasteiger partial charge is 0.481 e. The first-order chi connectivity index (χ1) is 8.34. The van der Waals surface area contributed by atoms with E-state index >= 15 is 0 Å². The smallest absolute Gasteiger partial charge is 0.323 e. The number of nitrogens with one attached hydrogen (secondary N) is 1. The maximum Gasteiger partial charge on any atom is 0.323 e. The van der Waals surface area contributed by atoms with Gasteiger partial charge >= 0.3 is 11.8 Å². The minimum atomic E-state index is -1.02. The van der Waals surface area contributed by atoms with Crippen molar-refractivity contribution >= 4 is 17.7 Å². The molecule has 0 fully saturated rings. The molecular formula is C10H13N3O5. The molecule has 1 atom stereocenters. The molecule has 0 radical (unpaired) electrons. The summed E-state index contributed by atoms with van der Waals surface area (Å²) < 4.78 is 1.14. The Hall–Kier alpha value is -2.38. The third-order valence-electron chi connectivity index (χ3n) is 2.51. The lowest BCUT2D eigenvalue weighted by molar-refractivity contribution is -0.391. The predicted molar refractivity (Wildman–Crippen MR) is 61.2 cm³/mol. The van der Waals surface area contributed by atoms with Gasteiger partial charge in [0.05, 0.1) is 13.0 Å². The van der Waals surface area contributed by atoms with Gasteiger partial charge in [0.2, 0.25) is 0 Å². The van der Waals surface area contributed by atoms with E-state index < -0.39 is 22.7 Å². The van der Waals surface area contributed by atoms with E-state index in [-0.39, 0.29) is 18.1 Å². The molecule has 0 aliphatic rings. The van der Waals surface area contributed by atoms with Crippen LogP contribution in [0, 0.1) is 16.0 Å². The van der Waals surface area contributed by atoms with Crippen LogP contribution in [0.3, 0.4) is 0 Å². The molecule has 8 heteroatoms. The van der Waals surface area contributed by atoms with Crippen LogP contribution >= 0.6 is 0 Å². The Labute approximate surface area is 102 Å². The molecule has 98 valence electrons. The highest BCUT2D eigenvalue weighted by Gasteiger charge is 2.21. The first kappa shape index (κ1) is 13.7. The Morgan fingerprint density at radius 2 is 2.17 bits per heavy atom. The number of aromatic nitrogens is 1. The maximum atomic E-state index is 11.7. The first-order valence-electron chi connectivity index (χ1n) is 5.15. The number of carboxylic acids is 1. The lowest BCUT2D eigenvalue weighted by Gasteiger charge is -2.07. The van der Waals surface area contributed by atoms with Crippen molar-refractivity contribution in [3.05, 3.63) is 27.9 Å². The van der Waals surface area contributed by atoms with E-state index in [1.807, 2.05) is 0 Å². The molecule has 1 unspecified atom stereocenters. The standard InChI is InChI=1S/C10H13N3O5/c1-6(10(15)16)5-11-9(14)7-3-4-8(12(7)2)13(17)18/h3-4,6H,5H2,1-2H3,(H,11,14)(H,15,16). The summed E-state index contributed by atoms with van der Waals surface area (Å²) in [6, 6.07) is 2.54. The van der Waals surface area contributed by atoms with Gasteiger partial charge in [-0.15, -0.1) is 0 Å². The molecule has 1 heterocycles. The van der Waals surface area contributed by atoms with Crippen molar-refractivity contribution in [3.8, 4) is 0 Å². The fraction of sp³-hybridized carbons (Fsp3) is 0.400. The highest BCUT2D eigenvalue weighted by Crippen LogP contribution is 2.14. The van der Waals surface area contributed by atoms with Crippen LogP contribution in [0.4, 0.5) is 5.82 Å². The van der Waals surface area contributed by atoms with Crippen LogP contribution in [0.2, 0.25) is 0 Å². The summed E-state index contributed by atoms with van der Waals surface area (Å²) in [7, 11) is 1.40. The zero-order chi connectivity index (χ0) is 13.9. The van der Waals surface area contributed by atoms with E-state index in [0.29, 0.717) is 0 Å². The fourth-order valence-corrected chi connectivity index (χ4v) is 1.34. The molecule has 0 saturated carbocycles. The van der Waals surface area contributed by atoms with Crippen molar-refractivity contribution < 1.29 is 19.6 Å². The predicted octanol–water partition coefficient (Wildman–Crippen LogP) is 0.384. The van der Waals surface area contributed by atoms with Crippen LogP contribution in [-0.2, 0) is 11.8 Å². The molecule has 18 heavy (non-hydrogen) atoms. The number of amides is 1. The number of hydrogen-bond donors (Lipinski definition) is 2. The molecule has 0 aromatic carbocycles. The van der Waals surface area contributed by atoms with E-state index in [1.165, 1.54) is 26.1 Å². The highest BCUT2D eigenvalue weighted by atomic mass is 16.6. The summed E-state index contributed by atoms with van der Waals surface area (Å²) in [6.45, 7) is 1.42. The minimum absolute atomic E-state index is 0.0346. The van der Waals surface area contributed by atoms with Crippen LogP contribution in [0.1, 0.15) is 17.4 Å². The molecule has 1 amide bonds. The molecule has 0 aliphatic heterocycles. The van der Waals surface area contributed by atoms with E-state index in [9.17, 15) is 19.7 Å². The molecule has 0 spiro atoms. The summed E-state index contributed by atoms with van der Waals surface area (Å²) >= 11 is 0. The normalized spacial score (nSPS) is 11.9. The highest BCUT2D eigenvalue weighted by molar-refractivity contribution is 5.93. The van der Waals surface area contributed by atoms with Crippen molar-refractivity contribution in [2.45, 2.75) is 6.92 Å². The summed E-state index contributed by atoms with van der Waals surface area (Å²) in [4.78, 5) is 32.2. The van der Waals surface area contributed by atoms with Gasteiger partial charge in [0.1, 0.15) is 0 Å². The second-order valence-electron chi connectivity index (χ2n) is 3.84. The van der Waals surface area contributed by atoms with Crippen LogP contribution in [-0.4, -0.2) is 33.0 Å². The Balaban J connectivity index is 2.74. The molecular weight excluding hydrogens is 242 g/mol. The number of hydrogen-bond acceptors (Lipinski definition) is 4. The van der Waals surface area contributed by atoms with Gasteiger partial charge in [0.25, 0.3) is 5.91 Å². The second kappa shape index (κ2) is 5.30. The average molecular weight is 255 g/mol. The summed E-state index contributed by atoms with van der Waals surface area (Å²) in [5, 5.41) is 21.6. The van der Waals surface area contributed by atoms with Gasteiger partial charge in [0, 0.05) is 12.6 Å². The zero-order valence-electron chi connectivity index (χ0n) is 9.91. The van der Waals surface area contributed by atoms with Gasteiger partial charge in [0.15, 0.2) is 5.69 Å². The van der Waals surface area contributed by atoms with Crippen molar-refractivity contribution in [2.75, 3.05) is 6.54 Å². The molecule has 1 rings (SSSR count). The van der Waals surface area contributed by atoms with E-state index in [4.69, 9.17) is 5.11 Å². The maximum absolute atomic E-state index is 11.7. The lowest BCUT2D eigenvalue weighted by atomic mass is 10.2. The van der Waals surface area contributed by atoms with Gasteiger partial charge in [-0.05, 0) is 11.0 Å². The quantitative estimate of drug-likeness (QED) is 0.583. The fourth-order valence-electron chi connectivity index (χ4n) is 1.34. The van der Waals surface area contributed by atoms with E-state index in [2.05, 4.69) is 5.32 Å². The Morgan fingerprint density at radius 1 is 1.56 bits per heavy atom. The molecule has 0 bridgehead atoms. The topological polar surface area (TPSA) is 114 Å². The average Bonchev–Trinajstić information content (AvgIpc) is 2.67. The van der Waals surface area contributed by atoms with E-state index in [0.717, 1.165) is 4.57 Å². The van der Waals surface area contributed by atoms with Crippen LogP contribution in [0.5, 0.6) is 0 Å². The molecule has 8 nitrogen and oxygen atoms in total. The number of nitrogens with zero attached hydrogens (tertiary/aromatic N) is 2. The van der Waals surface area contributed by atoms with Gasteiger partial charge < -0.3 is 20.5 Å². The molecule has 0 aliphatic carbocycles. The van der Waals surface area contributed by atoms with E-state index in [1.54, 1.807) is 0 Å². The Kier molecular flexibility index (Phi) is 4.03. The van der Waals surface area contributed by atoms with Crippen LogP contribution in [0.25, 0.3) is 0 Å². The summed E-state index contributed by atoms with van der Waals surface area (Å²) in [5.74, 6) is -2.48. The van der Waals surface area contributed by atoms with Crippen LogP contribution < -0.4 is 5.32 Å². The number of nitro groups is 1. The summed E-state index contributed by atoms with van der Waals surface area (Å²) in [5.41, 5.74) is 0.110. The first-order valence-corrected chi connectivity index (χ1v) is 5.15. The van der Waals surface area contributed by atoms with Gasteiger partial charge in [-0.2, -0.15) is 0 Å². The molecule has 2 N–H and O–H groups in total. The molecule has 0 saturated heterocycles. The molecule has 1 aromatic heterocycles. The van der Waals surface area contributed by atoms with Crippen LogP contribution in [0.15, 0.2) is 12.1 Å². The number of carbonyl (C=O) groups excluding carboxylic acids is 1. The van der Waals surface area contributed by atoms with Crippen molar-refractivity contribution in [1.29, 1.82) is 0 Å². The van der Waals surface area contributed by atoms with Crippen molar-refractivity contribution in [1.82, 2.24) is 9.88 Å². The Bertz CT molecular complexity index is 494. The number of carboxylic acid groups (broad SMARTS) is 1. The second-order valence-corrected chi connectivity index (χ2v) is 3.84. The van der Waals surface area contributed by atoms with Gasteiger partial charge in [-0.3, -0.25) is 9.59 Å². The number of rotatable bonds is 5. The third-order valence-corrected chi connectivity index (χ3v) is 2.51. The third kappa shape index (κ3) is 2.84. The minimum Gasteiger partial charge on any atom is -0.481 e. The monoisotopic (exact) mass is 255 g/mol. The number of aliphatic carboxylic acids is 1. The SMILES string of the molecule is CC(CNC(=O)c1ccc([N+](=O)[O-])n1C)C(=O)O. The van der Waals surface area contributed by atoms with Gasteiger partial charge in [-0.25, -0.2) is 4.57 Å². The van der Waals surface area contributed by atoms with Gasteiger partial charge in [-0.1, -0.05) is 6.92 Å². The summed E-state index contributed by atoms with van der Waals surface area (Å²) in [6.07, 6.45) is 0. The Morgan fingerprint density at radius 3 is 2.61 bits per heavy atom. The zero-order valence-corrected chi connectivity index (χ0v) is 9.91. The van der Waals surface area contributed by atoms with Crippen molar-refractivity contribution in [3.63, 3.8) is 0 Å². The lowest BCUT2D eigenvalue weighted by Crippen LogP contribution is -2.32. The van der Waals surface area contributed by atoms with Crippen molar-refractivity contribution in [2.24, 2.45) is 13.0 Å². The molecule has 1 aromatic rings. The number of carbonyl (C=O) groups is 2.